The predicted molar refractivity (Wildman–Crippen MR) is 94.9 cm³/mol. The van der Waals surface area contributed by atoms with Gasteiger partial charge < -0.3 is 5.32 Å². The summed E-state index contributed by atoms with van der Waals surface area (Å²) in [6.45, 7) is 0. The van der Waals surface area contributed by atoms with Crippen molar-refractivity contribution < 1.29 is 4.79 Å². The number of carbonyl (C=O) groups excluding carboxylic acids is 1. The van der Waals surface area contributed by atoms with Crippen LogP contribution in [-0.2, 0) is 11.2 Å². The lowest BCUT2D eigenvalue weighted by molar-refractivity contribution is -0.113. The number of rotatable bonds is 7. The first kappa shape index (κ1) is 16.1. The van der Waals surface area contributed by atoms with Crippen LogP contribution in [0.4, 0.5) is 5.69 Å². The maximum atomic E-state index is 11.8. The van der Waals surface area contributed by atoms with Gasteiger partial charge in [0.1, 0.15) is 0 Å². The van der Waals surface area contributed by atoms with Crippen molar-refractivity contribution in [1.29, 1.82) is 0 Å². The second-order valence-corrected chi connectivity index (χ2v) is 6.72. The number of thioether (sulfide) groups is 1. The van der Waals surface area contributed by atoms with Gasteiger partial charge in [-0.15, -0.1) is 0 Å². The fourth-order valence-electron chi connectivity index (χ4n) is 1.92. The molecule has 21 heavy (non-hydrogen) atoms. The second kappa shape index (κ2) is 8.90. The molecule has 2 aromatic rings. The number of halogens is 1. The molecule has 0 heterocycles. The molecule has 0 fully saturated rings. The van der Waals surface area contributed by atoms with Gasteiger partial charge in [-0.25, -0.2) is 0 Å². The quantitative estimate of drug-likeness (QED) is 0.718. The highest BCUT2D eigenvalue weighted by Gasteiger charge is 2.02. The minimum Gasteiger partial charge on any atom is -0.325 e. The molecule has 2 nitrogen and oxygen atoms in total. The van der Waals surface area contributed by atoms with Crippen LogP contribution >= 0.6 is 27.7 Å². The van der Waals surface area contributed by atoms with Gasteiger partial charge in [-0.3, -0.25) is 4.79 Å². The van der Waals surface area contributed by atoms with Crippen LogP contribution in [0.3, 0.4) is 0 Å². The standard InChI is InChI=1S/C17H18BrNOS/c18-15-8-10-16(11-9-15)19-17(20)13-21-12-4-7-14-5-2-1-3-6-14/h1-3,5-6,8-11H,4,7,12-13H2,(H,19,20). The third kappa shape index (κ3) is 6.36. The summed E-state index contributed by atoms with van der Waals surface area (Å²) in [5.74, 6) is 1.56. The van der Waals surface area contributed by atoms with Crippen molar-refractivity contribution in [2.45, 2.75) is 12.8 Å². The predicted octanol–water partition coefficient (Wildman–Crippen LogP) is 4.75. The third-order valence-corrected chi connectivity index (χ3v) is 4.53. The Bertz CT molecular complexity index is 557. The number of aryl methyl sites for hydroxylation is 1. The average molecular weight is 364 g/mol. The molecule has 0 aliphatic carbocycles. The zero-order chi connectivity index (χ0) is 14.9. The molecular weight excluding hydrogens is 346 g/mol. The molecule has 1 N–H and O–H groups in total. The zero-order valence-corrected chi connectivity index (χ0v) is 14.1. The Morgan fingerprint density at radius 2 is 1.76 bits per heavy atom. The van der Waals surface area contributed by atoms with Gasteiger partial charge in [0.2, 0.25) is 5.91 Å². The molecule has 0 aliphatic heterocycles. The van der Waals surface area contributed by atoms with E-state index in [0.29, 0.717) is 5.75 Å². The van der Waals surface area contributed by atoms with Gasteiger partial charge in [-0.05, 0) is 48.4 Å². The van der Waals surface area contributed by atoms with Gasteiger partial charge in [0.25, 0.3) is 0 Å². The Morgan fingerprint density at radius 3 is 2.48 bits per heavy atom. The van der Waals surface area contributed by atoms with E-state index in [1.807, 2.05) is 30.3 Å². The lowest BCUT2D eigenvalue weighted by Gasteiger charge is -2.05. The SMILES string of the molecule is O=C(CSCCCc1ccccc1)Nc1ccc(Br)cc1. The number of anilines is 1. The summed E-state index contributed by atoms with van der Waals surface area (Å²) in [4.78, 5) is 11.8. The van der Waals surface area contributed by atoms with E-state index in [-0.39, 0.29) is 5.91 Å². The van der Waals surface area contributed by atoms with Crippen molar-refractivity contribution in [2.24, 2.45) is 0 Å². The fourth-order valence-corrected chi connectivity index (χ4v) is 2.93. The Kier molecular flexibility index (Phi) is 6.83. The van der Waals surface area contributed by atoms with Crippen LogP contribution in [0.2, 0.25) is 0 Å². The lowest BCUT2D eigenvalue weighted by atomic mass is 10.1. The van der Waals surface area contributed by atoms with E-state index in [4.69, 9.17) is 0 Å². The molecule has 0 unspecified atom stereocenters. The first-order valence-electron chi connectivity index (χ1n) is 6.91. The third-order valence-electron chi connectivity index (χ3n) is 2.96. The molecule has 0 atom stereocenters. The van der Waals surface area contributed by atoms with Crippen LogP contribution in [0.1, 0.15) is 12.0 Å². The summed E-state index contributed by atoms with van der Waals surface area (Å²) in [7, 11) is 0. The second-order valence-electron chi connectivity index (χ2n) is 4.70. The van der Waals surface area contributed by atoms with Crippen LogP contribution in [-0.4, -0.2) is 17.4 Å². The van der Waals surface area contributed by atoms with Gasteiger partial charge in [0.05, 0.1) is 5.75 Å². The molecule has 0 saturated heterocycles. The van der Waals surface area contributed by atoms with Crippen LogP contribution < -0.4 is 5.32 Å². The minimum atomic E-state index is 0.0574. The van der Waals surface area contributed by atoms with Crippen LogP contribution in [0.25, 0.3) is 0 Å². The van der Waals surface area contributed by atoms with E-state index in [1.54, 1.807) is 11.8 Å². The van der Waals surface area contributed by atoms with Crippen LogP contribution in [0.5, 0.6) is 0 Å². The Hall–Kier alpha value is -1.26. The molecule has 0 aliphatic rings. The number of benzene rings is 2. The van der Waals surface area contributed by atoms with Gasteiger partial charge >= 0.3 is 0 Å². The fraction of sp³-hybridized carbons (Fsp3) is 0.235. The van der Waals surface area contributed by atoms with E-state index in [0.717, 1.165) is 28.8 Å². The van der Waals surface area contributed by atoms with Crippen molar-refractivity contribution in [2.75, 3.05) is 16.8 Å². The Balaban J connectivity index is 1.60. The van der Waals surface area contributed by atoms with E-state index in [2.05, 4.69) is 45.5 Å². The molecule has 0 spiro atoms. The summed E-state index contributed by atoms with van der Waals surface area (Å²) in [5, 5.41) is 2.90. The largest absolute Gasteiger partial charge is 0.325 e. The molecular formula is C17H18BrNOS. The summed E-state index contributed by atoms with van der Waals surface area (Å²) < 4.78 is 1.01. The van der Waals surface area contributed by atoms with Crippen molar-refractivity contribution in [1.82, 2.24) is 0 Å². The van der Waals surface area contributed by atoms with E-state index in [1.165, 1.54) is 5.56 Å². The maximum Gasteiger partial charge on any atom is 0.234 e. The van der Waals surface area contributed by atoms with Crippen molar-refractivity contribution in [3.63, 3.8) is 0 Å². The molecule has 2 aromatic carbocycles. The molecule has 110 valence electrons. The first-order valence-corrected chi connectivity index (χ1v) is 8.86. The molecule has 0 bridgehead atoms. The van der Waals surface area contributed by atoms with E-state index < -0.39 is 0 Å². The van der Waals surface area contributed by atoms with Gasteiger partial charge in [-0.1, -0.05) is 46.3 Å². The smallest absolute Gasteiger partial charge is 0.234 e. The maximum absolute atomic E-state index is 11.8. The number of amides is 1. The zero-order valence-electron chi connectivity index (χ0n) is 11.7. The monoisotopic (exact) mass is 363 g/mol. The molecule has 0 saturated carbocycles. The summed E-state index contributed by atoms with van der Waals surface area (Å²) >= 11 is 5.05. The summed E-state index contributed by atoms with van der Waals surface area (Å²) in [6.07, 6.45) is 2.17. The summed E-state index contributed by atoms with van der Waals surface area (Å²) in [6, 6.07) is 18.1. The highest BCUT2D eigenvalue weighted by atomic mass is 79.9. The molecule has 0 radical (unpaired) electrons. The molecule has 2 rings (SSSR count). The van der Waals surface area contributed by atoms with Gasteiger partial charge in [-0.2, -0.15) is 11.8 Å². The summed E-state index contributed by atoms with van der Waals surface area (Å²) in [5.41, 5.74) is 2.20. The van der Waals surface area contributed by atoms with Crippen LogP contribution in [0.15, 0.2) is 59.1 Å². The number of hydrogen-bond donors (Lipinski definition) is 1. The first-order chi connectivity index (χ1) is 10.2. The number of nitrogens with one attached hydrogen (secondary N) is 1. The van der Waals surface area contributed by atoms with Crippen LogP contribution in [0, 0.1) is 0 Å². The molecule has 1 amide bonds. The lowest BCUT2D eigenvalue weighted by Crippen LogP contribution is -2.14. The molecule has 4 heteroatoms. The minimum absolute atomic E-state index is 0.0574. The molecule has 0 aromatic heterocycles. The van der Waals surface area contributed by atoms with E-state index >= 15 is 0 Å². The normalized spacial score (nSPS) is 10.3. The average Bonchev–Trinajstić information content (AvgIpc) is 2.50. The highest BCUT2D eigenvalue weighted by molar-refractivity contribution is 9.10. The van der Waals surface area contributed by atoms with Crippen molar-refractivity contribution in [3.05, 3.63) is 64.6 Å². The van der Waals surface area contributed by atoms with Crippen molar-refractivity contribution in [3.8, 4) is 0 Å². The Labute approximate surface area is 138 Å². The number of carbonyl (C=O) groups is 1. The van der Waals surface area contributed by atoms with Gasteiger partial charge in [0, 0.05) is 10.2 Å². The van der Waals surface area contributed by atoms with Crippen molar-refractivity contribution >= 4 is 39.3 Å². The van der Waals surface area contributed by atoms with E-state index in [9.17, 15) is 4.79 Å². The highest BCUT2D eigenvalue weighted by Crippen LogP contribution is 2.15. The number of hydrogen-bond acceptors (Lipinski definition) is 2. The van der Waals surface area contributed by atoms with Gasteiger partial charge in [0.15, 0.2) is 0 Å². The Morgan fingerprint density at radius 1 is 1.05 bits per heavy atom. The topological polar surface area (TPSA) is 29.1 Å².